The Kier molecular flexibility index (Phi) is 6.62. The quantitative estimate of drug-likeness (QED) is 0.404. The first kappa shape index (κ1) is 23.8. The summed E-state index contributed by atoms with van der Waals surface area (Å²) in [6, 6.07) is 18.3. The summed E-state index contributed by atoms with van der Waals surface area (Å²) in [5.74, 6) is -0.296. The van der Waals surface area contributed by atoms with Gasteiger partial charge in [-0.15, -0.1) is 11.3 Å². The summed E-state index contributed by atoms with van der Waals surface area (Å²) < 4.78 is 31.2. The zero-order valence-electron chi connectivity index (χ0n) is 18.9. The van der Waals surface area contributed by atoms with Crippen LogP contribution in [-0.4, -0.2) is 17.1 Å². The van der Waals surface area contributed by atoms with Crippen molar-refractivity contribution < 1.29 is 18.3 Å². The van der Waals surface area contributed by atoms with Crippen LogP contribution in [0.25, 0.3) is 6.08 Å². The zero-order valence-corrected chi connectivity index (χ0v) is 20.5. The molecular formula is C26H19F2N3O3S2. The average Bonchev–Trinajstić information content (AvgIpc) is 3.48. The van der Waals surface area contributed by atoms with Crippen molar-refractivity contribution in [2.75, 3.05) is 5.32 Å². The third-order valence-electron chi connectivity index (χ3n) is 5.51. The summed E-state index contributed by atoms with van der Waals surface area (Å²) >= 11 is 2.66. The van der Waals surface area contributed by atoms with Crippen LogP contribution in [-0.2, 0) is 4.79 Å². The van der Waals surface area contributed by atoms with Crippen molar-refractivity contribution in [3.8, 4) is 5.75 Å². The molecule has 0 saturated carbocycles. The highest BCUT2D eigenvalue weighted by Gasteiger charge is 2.33. The predicted octanol–water partition coefficient (Wildman–Crippen LogP) is 4.54. The zero-order chi connectivity index (χ0) is 25.2. The molecule has 1 aliphatic rings. The lowest BCUT2D eigenvalue weighted by atomic mass is 10.0. The number of carbonyl (C=O) groups excluding carboxylic acids is 1. The number of thiophene rings is 1. The van der Waals surface area contributed by atoms with Crippen molar-refractivity contribution in [1.29, 1.82) is 0 Å². The lowest BCUT2D eigenvalue weighted by Gasteiger charge is -2.24. The fourth-order valence-corrected chi connectivity index (χ4v) is 5.81. The van der Waals surface area contributed by atoms with Gasteiger partial charge in [-0.25, -0.2) is 4.99 Å². The van der Waals surface area contributed by atoms with E-state index in [0.717, 1.165) is 4.88 Å². The minimum atomic E-state index is -2.91. The number of benzene rings is 2. The summed E-state index contributed by atoms with van der Waals surface area (Å²) in [5.41, 5.74) is 1.93. The molecule has 1 atom stereocenters. The van der Waals surface area contributed by atoms with Crippen LogP contribution in [0.2, 0.25) is 0 Å². The standard InChI is InChI=1S/C26H19F2N3O3S2/c1-15-21(23(32)30-17-6-3-2-4-7-17)22(19-8-5-13-35-19)31-24(33)20(36-26(31)29-15)14-16-9-11-18(12-10-16)34-25(27)28/h2-14,22,25H,1H3,(H,30,32)/b20-14+/t22-/m0/s1. The molecule has 0 saturated heterocycles. The van der Waals surface area contributed by atoms with E-state index in [1.807, 2.05) is 35.7 Å². The second-order valence-corrected chi connectivity index (χ2v) is 9.85. The maximum atomic E-state index is 13.6. The molecule has 182 valence electrons. The Bertz CT molecular complexity index is 1610. The molecule has 1 N–H and O–H groups in total. The predicted molar refractivity (Wildman–Crippen MR) is 136 cm³/mol. The molecule has 0 bridgehead atoms. The van der Waals surface area contributed by atoms with Gasteiger partial charge in [0.1, 0.15) is 11.8 Å². The Labute approximate surface area is 212 Å². The van der Waals surface area contributed by atoms with Crippen molar-refractivity contribution in [2.24, 2.45) is 4.99 Å². The van der Waals surface area contributed by atoms with Gasteiger partial charge < -0.3 is 10.1 Å². The number of hydrogen-bond acceptors (Lipinski definition) is 6. The molecule has 36 heavy (non-hydrogen) atoms. The van der Waals surface area contributed by atoms with E-state index in [2.05, 4.69) is 15.0 Å². The highest BCUT2D eigenvalue weighted by molar-refractivity contribution is 7.10. The van der Waals surface area contributed by atoms with Crippen LogP contribution in [0, 0.1) is 0 Å². The molecule has 4 aromatic rings. The molecule has 0 fully saturated rings. The van der Waals surface area contributed by atoms with Gasteiger partial charge in [0.05, 0.1) is 15.8 Å². The number of aromatic nitrogens is 1. The number of hydrogen-bond donors (Lipinski definition) is 1. The van der Waals surface area contributed by atoms with Crippen molar-refractivity contribution in [2.45, 2.75) is 19.6 Å². The second-order valence-electron chi connectivity index (χ2n) is 7.86. The number of ether oxygens (including phenoxy) is 1. The SMILES string of the molecule is CC1=C(C(=O)Nc2ccccc2)[C@H](c2cccs2)n2c(s/c(=C/c3ccc(OC(F)F)cc3)c2=O)=N1. The third kappa shape index (κ3) is 4.77. The average molecular weight is 524 g/mol. The molecule has 0 spiro atoms. The summed E-state index contributed by atoms with van der Waals surface area (Å²) in [6.45, 7) is -1.15. The van der Waals surface area contributed by atoms with Crippen LogP contribution in [0.3, 0.4) is 0 Å². The van der Waals surface area contributed by atoms with E-state index in [4.69, 9.17) is 0 Å². The summed E-state index contributed by atoms with van der Waals surface area (Å²) in [7, 11) is 0. The molecule has 1 aliphatic heterocycles. The molecule has 6 nitrogen and oxygen atoms in total. The molecule has 2 aromatic heterocycles. The fraction of sp³-hybridized carbons (Fsp3) is 0.115. The first-order valence-electron chi connectivity index (χ1n) is 10.9. The monoisotopic (exact) mass is 523 g/mol. The number of nitrogens with zero attached hydrogens (tertiary/aromatic N) is 2. The first-order valence-corrected chi connectivity index (χ1v) is 12.6. The molecule has 10 heteroatoms. The second kappa shape index (κ2) is 10.00. The highest BCUT2D eigenvalue weighted by atomic mass is 32.1. The summed E-state index contributed by atoms with van der Waals surface area (Å²) in [4.78, 5) is 32.9. The molecule has 3 heterocycles. The van der Waals surface area contributed by atoms with E-state index in [0.29, 0.717) is 31.9 Å². The lowest BCUT2D eigenvalue weighted by Crippen LogP contribution is -2.40. The van der Waals surface area contributed by atoms with Crippen molar-refractivity contribution >= 4 is 40.3 Å². The van der Waals surface area contributed by atoms with Crippen LogP contribution in [0.15, 0.2) is 93.2 Å². The van der Waals surface area contributed by atoms with Gasteiger partial charge in [-0.2, -0.15) is 8.78 Å². The van der Waals surface area contributed by atoms with E-state index >= 15 is 0 Å². The minimum absolute atomic E-state index is 0.0333. The van der Waals surface area contributed by atoms with Crippen molar-refractivity contribution in [3.63, 3.8) is 0 Å². The molecule has 2 aromatic carbocycles. The number of rotatable bonds is 6. The number of allylic oxidation sites excluding steroid dienone is 1. The van der Waals surface area contributed by atoms with Crippen molar-refractivity contribution in [3.05, 3.63) is 114 Å². The van der Waals surface area contributed by atoms with Gasteiger partial charge in [-0.05, 0) is 54.3 Å². The Hall–Kier alpha value is -3.89. The summed E-state index contributed by atoms with van der Waals surface area (Å²) in [5, 5.41) is 4.81. The Balaban J connectivity index is 1.58. The van der Waals surface area contributed by atoms with E-state index < -0.39 is 12.7 Å². The van der Waals surface area contributed by atoms with Gasteiger partial charge in [-0.3, -0.25) is 14.2 Å². The molecule has 1 amide bonds. The number of carbonyl (C=O) groups is 1. The van der Waals surface area contributed by atoms with E-state index in [9.17, 15) is 18.4 Å². The van der Waals surface area contributed by atoms with E-state index in [1.165, 1.54) is 34.8 Å². The van der Waals surface area contributed by atoms with Crippen LogP contribution in [0.1, 0.15) is 23.4 Å². The number of para-hydroxylation sites is 1. The third-order valence-corrected chi connectivity index (χ3v) is 7.42. The van der Waals surface area contributed by atoms with Crippen LogP contribution in [0.4, 0.5) is 14.5 Å². The van der Waals surface area contributed by atoms with Gasteiger partial charge in [0.2, 0.25) is 0 Å². The molecule has 5 rings (SSSR count). The smallest absolute Gasteiger partial charge is 0.387 e. The van der Waals surface area contributed by atoms with Gasteiger partial charge in [-0.1, -0.05) is 47.7 Å². The van der Waals surface area contributed by atoms with Gasteiger partial charge in [0.25, 0.3) is 11.5 Å². The largest absolute Gasteiger partial charge is 0.435 e. The Morgan fingerprint density at radius 1 is 1.11 bits per heavy atom. The minimum Gasteiger partial charge on any atom is -0.435 e. The van der Waals surface area contributed by atoms with Crippen molar-refractivity contribution in [1.82, 2.24) is 4.57 Å². The fourth-order valence-electron chi connectivity index (χ4n) is 3.94. The number of nitrogens with one attached hydrogen (secondary N) is 1. The number of halogens is 2. The van der Waals surface area contributed by atoms with Gasteiger partial charge in [0.15, 0.2) is 4.80 Å². The molecule has 0 unspecified atom stereocenters. The molecular weight excluding hydrogens is 504 g/mol. The highest BCUT2D eigenvalue weighted by Crippen LogP contribution is 2.33. The van der Waals surface area contributed by atoms with Gasteiger partial charge >= 0.3 is 6.61 Å². The summed E-state index contributed by atoms with van der Waals surface area (Å²) in [6.07, 6.45) is 1.67. The van der Waals surface area contributed by atoms with Gasteiger partial charge in [0, 0.05) is 10.6 Å². The van der Waals surface area contributed by atoms with Crippen LogP contribution < -0.4 is 24.9 Å². The Morgan fingerprint density at radius 2 is 1.86 bits per heavy atom. The first-order chi connectivity index (χ1) is 17.4. The Morgan fingerprint density at radius 3 is 2.53 bits per heavy atom. The lowest BCUT2D eigenvalue weighted by molar-refractivity contribution is -0.113. The van der Waals surface area contributed by atoms with E-state index in [1.54, 1.807) is 41.8 Å². The van der Waals surface area contributed by atoms with Crippen LogP contribution >= 0.6 is 22.7 Å². The number of thiazole rings is 1. The number of anilines is 1. The number of alkyl halides is 2. The maximum absolute atomic E-state index is 13.6. The molecule has 0 aliphatic carbocycles. The number of amides is 1. The van der Waals surface area contributed by atoms with E-state index in [-0.39, 0.29) is 17.2 Å². The van der Waals surface area contributed by atoms with Crippen LogP contribution in [0.5, 0.6) is 5.75 Å². The normalized spacial score (nSPS) is 15.6. The maximum Gasteiger partial charge on any atom is 0.387 e. The molecule has 0 radical (unpaired) electrons. The topological polar surface area (TPSA) is 72.7 Å². The number of fused-ring (bicyclic) bond motifs is 1.